The average Bonchev–Trinajstić information content (AvgIpc) is 3.64. The molecule has 180 valence electrons. The number of carbonyl (C=O) groups is 1. The molecule has 5 aromatic rings. The molecule has 13 heteroatoms. The normalized spacial score (nSPS) is 14.8. The Morgan fingerprint density at radius 1 is 1.25 bits per heavy atom. The number of halogens is 2. The molecule has 1 atom stereocenters. The molecule has 10 nitrogen and oxygen atoms in total. The van der Waals surface area contributed by atoms with Gasteiger partial charge in [0.05, 0.1) is 23.6 Å². The Kier molecular flexibility index (Phi) is 5.27. The maximum atomic E-state index is 14.5. The molecular formula is C23H15ClFN7O3S. The van der Waals surface area contributed by atoms with Crippen LogP contribution in [0.15, 0.2) is 53.0 Å². The lowest BCUT2D eigenvalue weighted by Crippen LogP contribution is -2.23. The number of thiophene rings is 1. The minimum atomic E-state index is -1.32. The van der Waals surface area contributed by atoms with Crippen molar-refractivity contribution >= 4 is 28.9 Å². The number of hydrogen-bond acceptors (Lipinski definition) is 7. The number of benzene rings is 1. The summed E-state index contributed by atoms with van der Waals surface area (Å²) >= 11 is 7.07. The summed E-state index contributed by atoms with van der Waals surface area (Å²) < 4.78 is 17.7. The molecule has 0 fully saturated rings. The number of fused-ring (bicyclic) bond motifs is 1. The Morgan fingerprint density at radius 3 is 2.86 bits per heavy atom. The molecule has 1 aliphatic rings. The second kappa shape index (κ2) is 8.50. The first-order valence-corrected chi connectivity index (χ1v) is 12.0. The number of rotatable bonds is 5. The van der Waals surface area contributed by atoms with Crippen LogP contribution in [0.3, 0.4) is 0 Å². The van der Waals surface area contributed by atoms with Crippen molar-refractivity contribution in [2.24, 2.45) is 0 Å². The SMILES string of the molecule is O=C(O)c1scc(-c2cnc([C@@H]3CCc4cc(-c5cc(Cl)ccc5-n5cnnn5)cc(=O)n43)[nH]2)c1F. The van der Waals surface area contributed by atoms with Crippen molar-refractivity contribution in [2.45, 2.75) is 18.9 Å². The lowest BCUT2D eigenvalue weighted by molar-refractivity contribution is 0.0698. The summed E-state index contributed by atoms with van der Waals surface area (Å²) in [4.78, 5) is 31.6. The van der Waals surface area contributed by atoms with Gasteiger partial charge in [-0.2, -0.15) is 4.68 Å². The van der Waals surface area contributed by atoms with E-state index in [0.29, 0.717) is 46.2 Å². The smallest absolute Gasteiger partial charge is 0.348 e. The fraction of sp³-hybridized carbons (Fsp3) is 0.130. The number of pyridine rings is 1. The number of aromatic nitrogens is 7. The largest absolute Gasteiger partial charge is 0.477 e. The lowest BCUT2D eigenvalue weighted by Gasteiger charge is -2.15. The number of carboxylic acids is 1. The van der Waals surface area contributed by atoms with Crippen molar-refractivity contribution < 1.29 is 14.3 Å². The zero-order valence-corrected chi connectivity index (χ0v) is 19.8. The van der Waals surface area contributed by atoms with Crippen LogP contribution in [0.5, 0.6) is 0 Å². The molecule has 2 N–H and O–H groups in total. The first kappa shape index (κ1) is 22.3. The molecule has 6 rings (SSSR count). The molecule has 0 aliphatic carbocycles. The highest BCUT2D eigenvalue weighted by molar-refractivity contribution is 7.12. The number of H-pyrrole nitrogens is 1. The highest BCUT2D eigenvalue weighted by Crippen LogP contribution is 2.35. The molecule has 0 amide bonds. The van der Waals surface area contributed by atoms with Crippen molar-refractivity contribution in [2.75, 3.05) is 0 Å². The van der Waals surface area contributed by atoms with Crippen LogP contribution in [0.4, 0.5) is 4.39 Å². The summed E-state index contributed by atoms with van der Waals surface area (Å²) in [5, 5.41) is 22.4. The third-order valence-corrected chi connectivity index (χ3v) is 7.30. The van der Waals surface area contributed by atoms with Crippen LogP contribution >= 0.6 is 22.9 Å². The van der Waals surface area contributed by atoms with Gasteiger partial charge in [-0.1, -0.05) is 11.6 Å². The van der Waals surface area contributed by atoms with Gasteiger partial charge in [0.2, 0.25) is 0 Å². The third-order valence-electron chi connectivity index (χ3n) is 6.12. The maximum absolute atomic E-state index is 14.5. The second-order valence-electron chi connectivity index (χ2n) is 8.19. The van der Waals surface area contributed by atoms with Gasteiger partial charge in [-0.3, -0.25) is 4.79 Å². The molecule has 4 aromatic heterocycles. The van der Waals surface area contributed by atoms with E-state index in [0.717, 1.165) is 17.0 Å². The molecule has 36 heavy (non-hydrogen) atoms. The van der Waals surface area contributed by atoms with Crippen molar-refractivity contribution in [3.05, 3.63) is 85.8 Å². The van der Waals surface area contributed by atoms with Gasteiger partial charge in [-0.25, -0.2) is 14.2 Å². The van der Waals surface area contributed by atoms with Crippen LogP contribution in [-0.2, 0) is 6.42 Å². The molecule has 1 aromatic carbocycles. The van der Waals surface area contributed by atoms with Gasteiger partial charge in [0.25, 0.3) is 5.56 Å². The van der Waals surface area contributed by atoms with E-state index < -0.39 is 11.8 Å². The summed E-state index contributed by atoms with van der Waals surface area (Å²) in [6.45, 7) is 0. The van der Waals surface area contributed by atoms with E-state index in [1.807, 2.05) is 6.07 Å². The van der Waals surface area contributed by atoms with Gasteiger partial charge in [0.15, 0.2) is 5.82 Å². The van der Waals surface area contributed by atoms with Crippen molar-refractivity contribution in [1.29, 1.82) is 0 Å². The number of aromatic amines is 1. The van der Waals surface area contributed by atoms with Crippen molar-refractivity contribution in [3.8, 4) is 28.1 Å². The highest BCUT2D eigenvalue weighted by Gasteiger charge is 2.29. The van der Waals surface area contributed by atoms with Gasteiger partial charge < -0.3 is 14.7 Å². The summed E-state index contributed by atoms with van der Waals surface area (Å²) in [6.07, 6.45) is 4.16. The van der Waals surface area contributed by atoms with Crippen LogP contribution in [0, 0.1) is 5.82 Å². The zero-order chi connectivity index (χ0) is 25.0. The lowest BCUT2D eigenvalue weighted by atomic mass is 10.0. The molecule has 0 radical (unpaired) electrons. The minimum Gasteiger partial charge on any atom is -0.477 e. The van der Waals surface area contributed by atoms with Crippen LogP contribution in [0.25, 0.3) is 28.1 Å². The number of nitrogens with one attached hydrogen (secondary N) is 1. The first-order valence-electron chi connectivity index (χ1n) is 10.7. The molecule has 0 saturated carbocycles. The number of nitrogens with zero attached hydrogens (tertiary/aromatic N) is 6. The molecular weight excluding hydrogens is 509 g/mol. The molecule has 5 heterocycles. The quantitative estimate of drug-likeness (QED) is 0.356. The van der Waals surface area contributed by atoms with Crippen LogP contribution in [0.2, 0.25) is 5.02 Å². The van der Waals surface area contributed by atoms with E-state index in [-0.39, 0.29) is 22.0 Å². The van der Waals surface area contributed by atoms with Crippen molar-refractivity contribution in [3.63, 3.8) is 0 Å². The monoisotopic (exact) mass is 523 g/mol. The van der Waals surface area contributed by atoms with Gasteiger partial charge >= 0.3 is 5.97 Å². The Balaban J connectivity index is 1.38. The predicted octanol–water partition coefficient (Wildman–Crippen LogP) is 3.97. The predicted molar refractivity (Wildman–Crippen MR) is 129 cm³/mol. The highest BCUT2D eigenvalue weighted by atomic mass is 35.5. The topological polar surface area (TPSA) is 132 Å². The van der Waals surface area contributed by atoms with E-state index >= 15 is 0 Å². The van der Waals surface area contributed by atoms with E-state index in [1.54, 1.807) is 22.8 Å². The summed E-state index contributed by atoms with van der Waals surface area (Å²) in [6, 6.07) is 8.37. The summed E-state index contributed by atoms with van der Waals surface area (Å²) in [5.74, 6) is -1.63. The minimum absolute atomic E-state index is 0.133. The fourth-order valence-corrected chi connectivity index (χ4v) is 5.49. The Hall–Kier alpha value is -4.16. The van der Waals surface area contributed by atoms with Crippen molar-refractivity contribution in [1.82, 2.24) is 34.7 Å². The number of hydrogen-bond donors (Lipinski definition) is 2. The van der Waals surface area contributed by atoms with Crippen LogP contribution in [-0.4, -0.2) is 45.8 Å². The maximum Gasteiger partial charge on any atom is 0.348 e. The Labute approximate surface area is 210 Å². The molecule has 0 bridgehead atoms. The molecule has 0 saturated heterocycles. The second-order valence-corrected chi connectivity index (χ2v) is 9.51. The first-order chi connectivity index (χ1) is 17.4. The molecule has 1 aliphatic heterocycles. The fourth-order valence-electron chi connectivity index (χ4n) is 4.53. The van der Waals surface area contributed by atoms with E-state index in [9.17, 15) is 14.0 Å². The number of aryl methyl sites for hydroxylation is 1. The summed E-state index contributed by atoms with van der Waals surface area (Å²) in [5.41, 5.74) is 3.15. The number of tetrazole rings is 1. The van der Waals surface area contributed by atoms with Crippen LogP contribution < -0.4 is 5.56 Å². The number of imidazole rings is 1. The Morgan fingerprint density at radius 2 is 2.11 bits per heavy atom. The van der Waals surface area contributed by atoms with Crippen LogP contribution in [0.1, 0.15) is 33.7 Å². The average molecular weight is 524 g/mol. The number of carboxylic acid groups (broad SMARTS) is 1. The van der Waals surface area contributed by atoms with E-state index in [4.69, 9.17) is 16.7 Å². The van der Waals surface area contributed by atoms with Gasteiger partial charge in [-0.15, -0.1) is 16.4 Å². The third kappa shape index (κ3) is 3.62. The van der Waals surface area contributed by atoms with E-state index in [2.05, 4.69) is 25.5 Å². The van der Waals surface area contributed by atoms with Gasteiger partial charge in [-0.05, 0) is 53.1 Å². The van der Waals surface area contributed by atoms with E-state index in [1.165, 1.54) is 28.7 Å². The molecule has 0 unspecified atom stereocenters. The summed E-state index contributed by atoms with van der Waals surface area (Å²) in [7, 11) is 0. The Bertz CT molecular complexity index is 1690. The zero-order valence-electron chi connectivity index (χ0n) is 18.2. The van der Waals surface area contributed by atoms with Gasteiger partial charge in [0, 0.05) is 33.3 Å². The number of aromatic carboxylic acids is 1. The standard InChI is InChI=1S/C23H15ClFN7O3S/c24-12-1-3-17(31-10-27-29-30-31)14(7-12)11-5-13-2-4-18(32(13)19(33)6-11)22-26-8-16(28-22)15-9-36-21(20(15)25)23(34)35/h1,3,5-10,18H,2,4H2,(H,26,28)(H,34,35)/t18-/m0/s1. The van der Waals surface area contributed by atoms with Gasteiger partial charge in [0.1, 0.15) is 17.0 Å². The molecule has 0 spiro atoms.